The van der Waals surface area contributed by atoms with Crippen LogP contribution in [-0.4, -0.2) is 70.0 Å². The molecule has 1 saturated heterocycles. The first-order valence-electron chi connectivity index (χ1n) is 15.1. The number of hydrogen-bond acceptors (Lipinski definition) is 10. The first-order chi connectivity index (χ1) is 23.7. The fourth-order valence-corrected chi connectivity index (χ4v) is 8.00. The number of carbonyl (C=O) groups excluding carboxylic acids is 3. The average Bonchev–Trinajstić information content (AvgIpc) is 3.66. The van der Waals surface area contributed by atoms with Crippen LogP contribution in [0.1, 0.15) is 28.5 Å². The molecule has 0 saturated carbocycles. The topological polar surface area (TPSA) is 144 Å². The van der Waals surface area contributed by atoms with Gasteiger partial charge in [-0.05, 0) is 11.4 Å². The number of ether oxygens (including phenoxy) is 2. The van der Waals surface area contributed by atoms with Gasteiger partial charge >= 0.3 is 11.9 Å². The lowest BCUT2D eigenvalue weighted by molar-refractivity contribution is -0.191. The molecule has 2 aliphatic heterocycles. The lowest BCUT2D eigenvalue weighted by Crippen LogP contribution is -2.81. The van der Waals surface area contributed by atoms with E-state index in [0.717, 1.165) is 21.6 Å². The van der Waals surface area contributed by atoms with Gasteiger partial charge in [0.1, 0.15) is 17.7 Å². The number of fused-ring (bicyclic) bond motifs is 1. The number of esters is 1. The van der Waals surface area contributed by atoms with Gasteiger partial charge in [-0.25, -0.2) is 4.79 Å². The fraction of sp³-hybridized carbons (Fsp3) is 0.194. The summed E-state index contributed by atoms with van der Waals surface area (Å²) in [6.07, 6.45) is 0. The van der Waals surface area contributed by atoms with Crippen molar-refractivity contribution in [1.29, 1.82) is 0 Å². The normalized spacial score (nSPS) is 19.1. The molecular weight excluding hydrogens is 667 g/mol. The van der Waals surface area contributed by atoms with E-state index in [9.17, 15) is 24.3 Å². The number of carboxylic acids is 1. The van der Waals surface area contributed by atoms with Crippen LogP contribution < -0.4 is 5.32 Å². The Morgan fingerprint density at radius 3 is 1.98 bits per heavy atom. The zero-order chi connectivity index (χ0) is 34.6. The Balaban J connectivity index is 1.39. The van der Waals surface area contributed by atoms with Crippen LogP contribution in [0.3, 0.4) is 0 Å². The second kappa shape index (κ2) is 14.1. The molecule has 6 rings (SSSR count). The van der Waals surface area contributed by atoms with E-state index in [2.05, 4.69) is 10.5 Å². The zero-order valence-electron chi connectivity index (χ0n) is 26.4. The van der Waals surface area contributed by atoms with E-state index in [1.807, 2.05) is 91.0 Å². The van der Waals surface area contributed by atoms with Crippen LogP contribution in [0.2, 0.25) is 0 Å². The lowest BCUT2D eigenvalue weighted by Gasteiger charge is -2.55. The first-order valence-corrected chi connectivity index (χ1v) is 17.0. The largest absolute Gasteiger partial charge is 0.477 e. The van der Waals surface area contributed by atoms with Gasteiger partial charge in [-0.3, -0.25) is 19.3 Å². The number of nitrogens with one attached hydrogen (secondary N) is 1. The van der Waals surface area contributed by atoms with E-state index < -0.39 is 40.5 Å². The van der Waals surface area contributed by atoms with Crippen molar-refractivity contribution in [2.24, 2.45) is 5.16 Å². The van der Waals surface area contributed by atoms with Gasteiger partial charge < -0.3 is 24.7 Å². The minimum absolute atomic E-state index is 0.116. The predicted molar refractivity (Wildman–Crippen MR) is 183 cm³/mol. The maximum atomic E-state index is 14.3. The van der Waals surface area contributed by atoms with Crippen LogP contribution in [0.4, 0.5) is 0 Å². The molecule has 0 radical (unpaired) electrons. The van der Waals surface area contributed by atoms with Gasteiger partial charge in [0.25, 0.3) is 17.5 Å². The molecule has 3 aromatic carbocycles. The standard InChI is InChI=1S/C36H31N3O8S2/c1-23(40)46-21-24-22-49-34-36(45-2,33(44)39(34)30(24)32(42)43)37-31(41)29(28-19-12-20-48-28)38-47-35(25-13-6-3-7-14-25,26-15-8-4-9-16-26)27-17-10-5-11-18-27/h3-20,34H,21-22H2,1-2H3,(H,37,41)(H,42,43)/b38-29+/t34-,36+/m1/s1. The summed E-state index contributed by atoms with van der Waals surface area (Å²) >= 11 is 2.43. The van der Waals surface area contributed by atoms with Crippen molar-refractivity contribution >= 4 is 52.6 Å². The molecule has 4 aromatic rings. The highest BCUT2D eigenvalue weighted by molar-refractivity contribution is 8.00. The molecule has 0 aliphatic carbocycles. The Bertz CT molecular complexity index is 1820. The summed E-state index contributed by atoms with van der Waals surface area (Å²) in [4.78, 5) is 59.8. The number of hydrogen-bond donors (Lipinski definition) is 2. The number of rotatable bonds is 12. The van der Waals surface area contributed by atoms with E-state index >= 15 is 0 Å². The molecule has 2 aliphatic rings. The minimum atomic E-state index is -1.91. The molecular formula is C36H31N3O8S2. The number of thiophene rings is 1. The summed E-state index contributed by atoms with van der Waals surface area (Å²) in [5.74, 6) is -3.40. The summed E-state index contributed by atoms with van der Waals surface area (Å²) < 4.78 is 10.7. The van der Waals surface area contributed by atoms with Gasteiger partial charge in [0.15, 0.2) is 5.71 Å². The molecule has 1 fully saturated rings. The molecule has 0 spiro atoms. The number of β-lactam (4-membered cyclic amide) rings is 1. The molecule has 2 atom stereocenters. The molecule has 0 unspecified atom stereocenters. The molecule has 250 valence electrons. The third kappa shape index (κ3) is 6.12. The van der Waals surface area contributed by atoms with Crippen molar-refractivity contribution in [2.75, 3.05) is 19.5 Å². The van der Waals surface area contributed by atoms with Crippen LogP contribution in [0.15, 0.2) is 125 Å². The zero-order valence-corrected chi connectivity index (χ0v) is 28.0. The van der Waals surface area contributed by atoms with Crippen LogP contribution in [-0.2, 0) is 39.1 Å². The van der Waals surface area contributed by atoms with E-state index in [1.54, 1.807) is 17.5 Å². The van der Waals surface area contributed by atoms with E-state index in [4.69, 9.17) is 14.3 Å². The quantitative estimate of drug-likeness (QED) is 0.0536. The molecule has 1 aromatic heterocycles. The van der Waals surface area contributed by atoms with Crippen LogP contribution in [0.5, 0.6) is 0 Å². The Kier molecular flexibility index (Phi) is 9.67. The van der Waals surface area contributed by atoms with Gasteiger partial charge in [0.2, 0.25) is 5.60 Å². The van der Waals surface area contributed by atoms with Gasteiger partial charge in [-0.1, -0.05) is 102 Å². The number of thioether (sulfide) groups is 1. The van der Waals surface area contributed by atoms with Crippen molar-refractivity contribution in [3.8, 4) is 0 Å². The van der Waals surface area contributed by atoms with Crippen LogP contribution in [0.25, 0.3) is 0 Å². The monoisotopic (exact) mass is 697 g/mol. The maximum Gasteiger partial charge on any atom is 0.352 e. The molecule has 2 N–H and O–H groups in total. The molecule has 49 heavy (non-hydrogen) atoms. The minimum Gasteiger partial charge on any atom is -0.477 e. The average molecular weight is 698 g/mol. The Morgan fingerprint density at radius 2 is 1.51 bits per heavy atom. The number of benzene rings is 3. The van der Waals surface area contributed by atoms with Crippen molar-refractivity contribution in [1.82, 2.24) is 10.2 Å². The molecule has 11 nitrogen and oxygen atoms in total. The van der Waals surface area contributed by atoms with Crippen molar-refractivity contribution < 1.29 is 38.6 Å². The Hall–Kier alpha value is -5.24. The summed E-state index contributed by atoms with van der Waals surface area (Å²) in [6.45, 7) is 0.922. The number of carbonyl (C=O) groups is 4. The smallest absolute Gasteiger partial charge is 0.352 e. The second-order valence-electron chi connectivity index (χ2n) is 11.1. The number of nitrogens with zero attached hydrogens (tertiary/aromatic N) is 2. The number of amides is 2. The third-order valence-corrected chi connectivity index (χ3v) is 10.4. The number of oxime groups is 1. The highest BCUT2D eigenvalue weighted by Gasteiger charge is 2.67. The van der Waals surface area contributed by atoms with Crippen LogP contribution in [0, 0.1) is 0 Å². The maximum absolute atomic E-state index is 14.3. The van der Waals surface area contributed by atoms with E-state index in [1.165, 1.54) is 37.1 Å². The van der Waals surface area contributed by atoms with E-state index in [-0.39, 0.29) is 29.3 Å². The van der Waals surface area contributed by atoms with Crippen molar-refractivity contribution in [3.05, 3.63) is 141 Å². The lowest BCUT2D eigenvalue weighted by atomic mass is 9.80. The highest BCUT2D eigenvalue weighted by Crippen LogP contribution is 2.47. The fourth-order valence-electron chi connectivity index (χ4n) is 5.87. The van der Waals surface area contributed by atoms with E-state index in [0.29, 0.717) is 4.88 Å². The summed E-state index contributed by atoms with van der Waals surface area (Å²) in [7, 11) is 1.26. The molecule has 2 amide bonds. The third-order valence-electron chi connectivity index (χ3n) is 8.17. The van der Waals surface area contributed by atoms with Gasteiger partial charge in [0.05, 0.1) is 4.88 Å². The molecule has 13 heteroatoms. The Labute approximate surface area is 290 Å². The summed E-state index contributed by atoms with van der Waals surface area (Å²) in [6, 6.07) is 32.1. The van der Waals surface area contributed by atoms with Gasteiger partial charge in [0, 0.05) is 42.0 Å². The molecule has 0 bridgehead atoms. The molecule has 3 heterocycles. The first kappa shape index (κ1) is 33.7. The van der Waals surface area contributed by atoms with Gasteiger partial charge in [-0.2, -0.15) is 0 Å². The highest BCUT2D eigenvalue weighted by atomic mass is 32.2. The van der Waals surface area contributed by atoms with Gasteiger partial charge in [-0.15, -0.1) is 23.1 Å². The number of carboxylic acid groups (broad SMARTS) is 1. The van der Waals surface area contributed by atoms with Crippen molar-refractivity contribution in [2.45, 2.75) is 23.6 Å². The summed E-state index contributed by atoms with van der Waals surface area (Å²) in [5, 5.41) is 18.1. The predicted octanol–water partition coefficient (Wildman–Crippen LogP) is 4.74. The number of methoxy groups -OCH3 is 1. The summed E-state index contributed by atoms with van der Waals surface area (Å²) in [5.41, 5.74) is -1.09. The van der Waals surface area contributed by atoms with Crippen LogP contribution >= 0.6 is 23.1 Å². The number of aliphatic carboxylic acids is 1. The second-order valence-corrected chi connectivity index (χ2v) is 13.1. The Morgan fingerprint density at radius 1 is 0.939 bits per heavy atom. The van der Waals surface area contributed by atoms with Crippen molar-refractivity contribution in [3.63, 3.8) is 0 Å². The SMILES string of the molecule is CO[C@@]1(NC(=O)/C(=N/OC(c2ccccc2)(c2ccccc2)c2ccccc2)c2cccs2)C(=O)N2C(C(=O)O)=C(COC(C)=O)CS[C@@H]21.